The lowest BCUT2D eigenvalue weighted by Gasteiger charge is -2.45. The van der Waals surface area contributed by atoms with Gasteiger partial charge in [0.1, 0.15) is 12.6 Å². The molecule has 0 N–H and O–H groups in total. The van der Waals surface area contributed by atoms with Crippen molar-refractivity contribution in [3.8, 4) is 12.3 Å². The Morgan fingerprint density at radius 2 is 1.83 bits per heavy atom. The lowest BCUT2D eigenvalue weighted by Crippen LogP contribution is -2.40. The van der Waals surface area contributed by atoms with Gasteiger partial charge in [0.15, 0.2) is 6.29 Å². The van der Waals surface area contributed by atoms with Crippen LogP contribution in [0.2, 0.25) is 0 Å². The van der Waals surface area contributed by atoms with Crippen LogP contribution in [0.1, 0.15) is 106 Å². The quantitative estimate of drug-likeness (QED) is 0.0877. The fourth-order valence-electron chi connectivity index (χ4n) is 8.32. The molecule has 1 saturated carbocycles. The Morgan fingerprint density at radius 3 is 2.43 bits per heavy atom. The first-order chi connectivity index (χ1) is 21.8. The Hall–Kier alpha value is -1.58. The Bertz CT molecular complexity index is 1250. The largest absolute Gasteiger partial charge is 0.534 e. The first kappa shape index (κ1) is 39.9. The molecule has 0 radical (unpaired) electrons. The highest BCUT2D eigenvalue weighted by molar-refractivity contribution is 7.87. The Morgan fingerprint density at radius 1 is 1.17 bits per heavy atom. The van der Waals surface area contributed by atoms with Gasteiger partial charge in [-0.3, -0.25) is 0 Å². The minimum absolute atomic E-state index is 0.0760. The fraction of sp³-hybridized carbons (Fsp3) is 0.833. The van der Waals surface area contributed by atoms with Crippen LogP contribution in [-0.4, -0.2) is 52.9 Å². The van der Waals surface area contributed by atoms with Gasteiger partial charge in [-0.2, -0.15) is 21.6 Å². The van der Waals surface area contributed by atoms with Crippen molar-refractivity contribution in [2.45, 2.75) is 124 Å². The van der Waals surface area contributed by atoms with Crippen molar-refractivity contribution in [2.75, 3.05) is 27.1 Å². The van der Waals surface area contributed by atoms with Crippen molar-refractivity contribution in [3.05, 3.63) is 23.0 Å². The van der Waals surface area contributed by atoms with Crippen molar-refractivity contribution in [3.63, 3.8) is 0 Å². The van der Waals surface area contributed by atoms with E-state index < -0.39 is 27.3 Å². The molecule has 1 heterocycles. The van der Waals surface area contributed by atoms with Crippen LogP contribution in [0.3, 0.4) is 0 Å². The molecule has 0 bridgehead atoms. The summed E-state index contributed by atoms with van der Waals surface area (Å²) in [5.74, 6) is 4.13. The van der Waals surface area contributed by atoms with E-state index in [4.69, 9.17) is 29.6 Å². The normalized spacial score (nSPS) is 31.0. The minimum Gasteiger partial charge on any atom is -0.381 e. The van der Waals surface area contributed by atoms with Crippen LogP contribution < -0.4 is 0 Å². The van der Waals surface area contributed by atoms with Gasteiger partial charge in [-0.05, 0) is 100 Å². The summed E-state index contributed by atoms with van der Waals surface area (Å²) in [7, 11) is -4.16. The molecule has 0 spiro atoms. The van der Waals surface area contributed by atoms with Gasteiger partial charge in [0.05, 0.1) is 18.8 Å². The predicted octanol–water partition coefficient (Wildman–Crippen LogP) is 8.76. The number of hydrogen-bond acceptors (Lipinski definition) is 7. The number of ether oxygens (including phenoxy) is 4. The second-order valence-electron chi connectivity index (χ2n) is 15.1. The molecule has 3 aliphatic carbocycles. The van der Waals surface area contributed by atoms with E-state index >= 15 is 0 Å². The van der Waals surface area contributed by atoms with E-state index in [1.807, 2.05) is 13.8 Å². The molecule has 47 heavy (non-hydrogen) atoms. The van der Waals surface area contributed by atoms with Gasteiger partial charge in [0.2, 0.25) is 0 Å². The van der Waals surface area contributed by atoms with E-state index in [-0.39, 0.29) is 35.9 Å². The van der Waals surface area contributed by atoms with Gasteiger partial charge in [-0.15, -0.1) is 6.42 Å². The summed E-state index contributed by atoms with van der Waals surface area (Å²) in [5, 5.41) is 0. The second kappa shape index (κ2) is 16.4. The maximum Gasteiger partial charge on any atom is 0.534 e. The summed E-state index contributed by atoms with van der Waals surface area (Å²) in [5.41, 5.74) is -3.50. The van der Waals surface area contributed by atoms with E-state index in [0.29, 0.717) is 37.9 Å². The zero-order valence-corrected chi connectivity index (χ0v) is 30.4. The van der Waals surface area contributed by atoms with Crippen LogP contribution in [0.25, 0.3) is 0 Å². The number of methoxy groups -OCH3 is 1. The SMILES string of the molecule is C#CC1=C(C)[C@@H](C)C[C@H](C)C1.COCOC(C)(C)CCC[C@@H](C)[C@H]1CCC2C(OS(=O)(=O)C(F)(F)F)=C[C@H](CC3OCCO3)C[C@@]21C. The van der Waals surface area contributed by atoms with Gasteiger partial charge in [-0.25, -0.2) is 0 Å². The Balaban J connectivity index is 0.000000461. The van der Waals surface area contributed by atoms with Crippen molar-refractivity contribution < 1.29 is 44.7 Å². The molecule has 2 fully saturated rings. The summed E-state index contributed by atoms with van der Waals surface area (Å²) in [6.07, 6.45) is 14.3. The molecule has 0 aromatic rings. The smallest absolute Gasteiger partial charge is 0.381 e. The minimum atomic E-state index is -5.74. The first-order valence-electron chi connectivity index (χ1n) is 17.1. The number of halogens is 3. The van der Waals surface area contributed by atoms with Gasteiger partial charge in [0, 0.05) is 25.0 Å². The first-order valence-corrected chi connectivity index (χ1v) is 18.5. The fourth-order valence-corrected chi connectivity index (χ4v) is 8.84. The molecular weight excluding hydrogens is 633 g/mol. The molecule has 1 unspecified atom stereocenters. The third kappa shape index (κ3) is 10.5. The predicted molar refractivity (Wildman–Crippen MR) is 176 cm³/mol. The second-order valence-corrected chi connectivity index (χ2v) is 16.6. The van der Waals surface area contributed by atoms with Gasteiger partial charge >= 0.3 is 15.6 Å². The van der Waals surface area contributed by atoms with E-state index in [1.54, 1.807) is 13.2 Å². The molecule has 270 valence electrons. The molecule has 0 aromatic heterocycles. The summed E-state index contributed by atoms with van der Waals surface area (Å²) < 4.78 is 90.1. The average Bonchev–Trinajstić information content (AvgIpc) is 3.60. The number of terminal acetylenes is 1. The van der Waals surface area contributed by atoms with Crippen LogP contribution in [0.4, 0.5) is 13.2 Å². The maximum absolute atomic E-state index is 13.2. The van der Waals surface area contributed by atoms with Crippen LogP contribution in [0.15, 0.2) is 23.0 Å². The summed E-state index contributed by atoms with van der Waals surface area (Å²) in [6.45, 7) is 16.2. The highest BCUT2D eigenvalue weighted by atomic mass is 32.2. The van der Waals surface area contributed by atoms with Crippen LogP contribution in [-0.2, 0) is 33.2 Å². The molecule has 4 aliphatic rings. The highest BCUT2D eigenvalue weighted by Crippen LogP contribution is 2.60. The lowest BCUT2D eigenvalue weighted by molar-refractivity contribution is -0.118. The molecule has 4 rings (SSSR count). The third-order valence-electron chi connectivity index (χ3n) is 10.9. The van der Waals surface area contributed by atoms with Crippen LogP contribution in [0, 0.1) is 53.3 Å². The Kier molecular flexibility index (Phi) is 13.9. The van der Waals surface area contributed by atoms with E-state index in [2.05, 4.69) is 40.5 Å². The van der Waals surface area contributed by atoms with E-state index in [1.165, 1.54) is 17.6 Å². The molecule has 0 amide bonds. The zero-order valence-electron chi connectivity index (χ0n) is 29.6. The van der Waals surface area contributed by atoms with E-state index in [9.17, 15) is 21.6 Å². The lowest BCUT2D eigenvalue weighted by atomic mass is 9.61. The monoisotopic (exact) mass is 690 g/mol. The molecule has 11 heteroatoms. The molecule has 7 nitrogen and oxygen atoms in total. The number of fused-ring (bicyclic) bond motifs is 1. The van der Waals surface area contributed by atoms with Gasteiger partial charge in [0.25, 0.3) is 0 Å². The van der Waals surface area contributed by atoms with Crippen LogP contribution in [0.5, 0.6) is 0 Å². The standard InChI is InChI=1S/C25H41F3O7S.C11H16/c1-17(7-6-10-23(2,3)34-16-31-5)19-8-9-20-21(35-36(29,30)25(26,27)28)13-18(15-24(19,20)4)14-22-32-11-12-33-22;1-5-11-7-8(2)6-9(3)10(11)4/h13,17-20,22H,6-12,14-16H2,1-5H3;1,8-9H,6-7H2,2-4H3/t17-,18-,19-,20?,24-;8-,9-/m10/s1. The highest BCUT2D eigenvalue weighted by Gasteiger charge is 2.56. The summed E-state index contributed by atoms with van der Waals surface area (Å²) in [4.78, 5) is 0. The molecule has 7 atom stereocenters. The van der Waals surface area contributed by atoms with E-state index in [0.717, 1.165) is 44.4 Å². The number of hydrogen-bond donors (Lipinski definition) is 0. The summed E-state index contributed by atoms with van der Waals surface area (Å²) in [6, 6.07) is 0. The number of alkyl halides is 3. The molecule has 1 aliphatic heterocycles. The molecule has 0 aromatic carbocycles. The Labute approximate surface area is 281 Å². The van der Waals surface area contributed by atoms with Crippen molar-refractivity contribution in [1.82, 2.24) is 0 Å². The third-order valence-corrected chi connectivity index (χ3v) is 11.9. The maximum atomic E-state index is 13.2. The number of allylic oxidation sites excluding steroid dienone is 4. The van der Waals surface area contributed by atoms with Crippen molar-refractivity contribution in [1.29, 1.82) is 0 Å². The van der Waals surface area contributed by atoms with Gasteiger partial charge < -0.3 is 23.1 Å². The van der Waals surface area contributed by atoms with Crippen molar-refractivity contribution >= 4 is 10.1 Å². The molecule has 1 saturated heterocycles. The van der Waals surface area contributed by atoms with Crippen molar-refractivity contribution in [2.24, 2.45) is 40.9 Å². The van der Waals surface area contributed by atoms with Gasteiger partial charge in [-0.1, -0.05) is 52.0 Å². The zero-order chi connectivity index (χ0) is 35.2. The average molecular weight is 691 g/mol. The van der Waals surface area contributed by atoms with Crippen LogP contribution >= 0.6 is 0 Å². The summed E-state index contributed by atoms with van der Waals surface area (Å²) >= 11 is 0. The number of rotatable bonds is 12. The topological polar surface area (TPSA) is 80.3 Å². The molecular formula is C36H57F3O7S.